The molecule has 2 aromatic heterocycles. The number of nitrogens with zero attached hydrogens (tertiary/aromatic N) is 1. The van der Waals surface area contributed by atoms with E-state index >= 15 is 0 Å². The molecule has 9 aromatic rings. The van der Waals surface area contributed by atoms with Crippen molar-refractivity contribution in [1.29, 1.82) is 0 Å². The summed E-state index contributed by atoms with van der Waals surface area (Å²) in [5.74, 6) is 0. The van der Waals surface area contributed by atoms with E-state index in [9.17, 15) is 0 Å². The number of benzene rings is 7. The van der Waals surface area contributed by atoms with Crippen molar-refractivity contribution in [3.05, 3.63) is 164 Å². The number of hydrogen-bond donors (Lipinski definition) is 0. The zero-order chi connectivity index (χ0) is 29.7. The van der Waals surface area contributed by atoms with Crippen LogP contribution in [0.15, 0.2) is 168 Å². The van der Waals surface area contributed by atoms with Gasteiger partial charge in [-0.3, -0.25) is 0 Å². The Morgan fingerprint density at radius 2 is 1.02 bits per heavy atom. The standard InChI is InChI=1S/C42H27NOS/c1-2-10-28(11-3-1)29-20-22-30(23-21-29)31-12-8-13-32(26-31)43(33-24-25-40-37(27-33)34-14-4-6-18-39(34)44-40)38-17-9-16-36-35-15-5-7-19-41(35)45-42(36)38/h1-27H. The van der Waals surface area contributed by atoms with Crippen LogP contribution >= 0.6 is 11.3 Å². The van der Waals surface area contributed by atoms with Crippen molar-refractivity contribution in [3.63, 3.8) is 0 Å². The summed E-state index contributed by atoms with van der Waals surface area (Å²) in [6.45, 7) is 0. The Morgan fingerprint density at radius 3 is 1.89 bits per heavy atom. The summed E-state index contributed by atoms with van der Waals surface area (Å²) in [4.78, 5) is 2.40. The maximum absolute atomic E-state index is 6.21. The predicted molar refractivity (Wildman–Crippen MR) is 192 cm³/mol. The van der Waals surface area contributed by atoms with E-state index in [1.54, 1.807) is 0 Å². The van der Waals surface area contributed by atoms with E-state index in [1.165, 1.54) is 42.4 Å². The van der Waals surface area contributed by atoms with Crippen LogP contribution in [0.25, 0.3) is 64.4 Å². The van der Waals surface area contributed by atoms with Gasteiger partial charge >= 0.3 is 0 Å². The molecule has 9 rings (SSSR count). The predicted octanol–water partition coefficient (Wildman–Crippen LogP) is 12.8. The van der Waals surface area contributed by atoms with Gasteiger partial charge in [-0.2, -0.15) is 0 Å². The average Bonchev–Trinajstić information content (AvgIpc) is 3.68. The summed E-state index contributed by atoms with van der Waals surface area (Å²) < 4.78 is 8.78. The van der Waals surface area contributed by atoms with Gasteiger partial charge in [0, 0.05) is 37.6 Å². The fourth-order valence-corrected chi connectivity index (χ4v) is 7.71. The molecular weight excluding hydrogens is 567 g/mol. The fraction of sp³-hybridized carbons (Fsp3) is 0. The molecule has 0 saturated heterocycles. The zero-order valence-electron chi connectivity index (χ0n) is 24.4. The lowest BCUT2D eigenvalue weighted by atomic mass is 9.99. The largest absolute Gasteiger partial charge is 0.456 e. The summed E-state index contributed by atoms with van der Waals surface area (Å²) in [5, 5.41) is 4.81. The Labute approximate surface area is 265 Å². The van der Waals surface area contributed by atoms with Crippen molar-refractivity contribution in [1.82, 2.24) is 0 Å². The minimum Gasteiger partial charge on any atom is -0.456 e. The van der Waals surface area contributed by atoms with Gasteiger partial charge in [0.25, 0.3) is 0 Å². The van der Waals surface area contributed by atoms with Crippen LogP contribution in [0.3, 0.4) is 0 Å². The summed E-state index contributed by atoms with van der Waals surface area (Å²) in [5.41, 5.74) is 9.97. The molecule has 2 nitrogen and oxygen atoms in total. The van der Waals surface area contributed by atoms with Gasteiger partial charge in [-0.1, -0.05) is 115 Å². The Morgan fingerprint density at radius 1 is 0.400 bits per heavy atom. The van der Waals surface area contributed by atoms with Gasteiger partial charge < -0.3 is 9.32 Å². The zero-order valence-corrected chi connectivity index (χ0v) is 25.2. The van der Waals surface area contributed by atoms with Gasteiger partial charge in [0.05, 0.1) is 10.4 Å². The molecule has 0 saturated carbocycles. The highest BCUT2D eigenvalue weighted by Gasteiger charge is 2.20. The minimum absolute atomic E-state index is 0.896. The maximum atomic E-state index is 6.21. The Balaban J connectivity index is 1.23. The molecule has 0 aliphatic rings. The first-order chi connectivity index (χ1) is 22.3. The topological polar surface area (TPSA) is 16.4 Å². The third-order valence-electron chi connectivity index (χ3n) is 8.67. The van der Waals surface area contributed by atoms with Crippen LogP contribution < -0.4 is 4.90 Å². The molecule has 0 fully saturated rings. The first-order valence-electron chi connectivity index (χ1n) is 15.2. The molecule has 45 heavy (non-hydrogen) atoms. The van der Waals surface area contributed by atoms with Gasteiger partial charge in [-0.05, 0) is 70.8 Å². The monoisotopic (exact) mass is 593 g/mol. The Bertz CT molecular complexity index is 2490. The highest BCUT2D eigenvalue weighted by molar-refractivity contribution is 7.26. The molecule has 212 valence electrons. The normalized spacial score (nSPS) is 11.6. The molecule has 0 unspecified atom stereocenters. The van der Waals surface area contributed by atoms with E-state index in [0.29, 0.717) is 0 Å². The molecule has 3 heteroatoms. The van der Waals surface area contributed by atoms with Gasteiger partial charge in [0.2, 0.25) is 0 Å². The fourth-order valence-electron chi connectivity index (χ4n) is 6.50. The van der Waals surface area contributed by atoms with Crippen molar-refractivity contribution in [3.8, 4) is 22.3 Å². The third-order valence-corrected chi connectivity index (χ3v) is 9.88. The Kier molecular flexibility index (Phi) is 6.03. The molecule has 2 heterocycles. The molecule has 0 spiro atoms. The van der Waals surface area contributed by atoms with Crippen LogP contribution in [-0.4, -0.2) is 0 Å². The molecule has 0 amide bonds. The second-order valence-electron chi connectivity index (χ2n) is 11.4. The van der Waals surface area contributed by atoms with Crippen LogP contribution in [0.1, 0.15) is 0 Å². The first-order valence-corrected chi connectivity index (χ1v) is 16.0. The van der Waals surface area contributed by atoms with Gasteiger partial charge in [0.1, 0.15) is 11.2 Å². The lowest BCUT2D eigenvalue weighted by Crippen LogP contribution is -2.10. The highest BCUT2D eigenvalue weighted by atomic mass is 32.1. The molecule has 7 aromatic carbocycles. The maximum Gasteiger partial charge on any atom is 0.135 e. The smallest absolute Gasteiger partial charge is 0.135 e. The van der Waals surface area contributed by atoms with Crippen molar-refractivity contribution in [2.45, 2.75) is 0 Å². The number of para-hydroxylation sites is 1. The number of thiophene rings is 1. The van der Waals surface area contributed by atoms with Gasteiger partial charge in [0.15, 0.2) is 0 Å². The van der Waals surface area contributed by atoms with Crippen LogP contribution in [-0.2, 0) is 0 Å². The minimum atomic E-state index is 0.896. The van der Waals surface area contributed by atoms with Gasteiger partial charge in [-0.25, -0.2) is 0 Å². The van der Waals surface area contributed by atoms with E-state index in [0.717, 1.165) is 39.0 Å². The van der Waals surface area contributed by atoms with Crippen molar-refractivity contribution in [2.75, 3.05) is 4.90 Å². The third kappa shape index (κ3) is 4.40. The van der Waals surface area contributed by atoms with Crippen LogP contribution in [0, 0.1) is 0 Å². The number of rotatable bonds is 5. The van der Waals surface area contributed by atoms with Gasteiger partial charge in [-0.15, -0.1) is 11.3 Å². The SMILES string of the molecule is c1ccc(-c2ccc(-c3cccc(N(c4ccc5oc6ccccc6c5c4)c4cccc5c4sc4ccccc45)c3)cc2)cc1. The summed E-state index contributed by atoms with van der Waals surface area (Å²) in [6, 6.07) is 58.5. The summed E-state index contributed by atoms with van der Waals surface area (Å²) in [6.07, 6.45) is 0. The lowest BCUT2D eigenvalue weighted by molar-refractivity contribution is 0.669. The van der Waals surface area contributed by atoms with Crippen LogP contribution in [0.2, 0.25) is 0 Å². The molecule has 0 bridgehead atoms. The average molecular weight is 594 g/mol. The number of hydrogen-bond acceptors (Lipinski definition) is 3. The number of furan rings is 1. The number of anilines is 3. The molecule has 0 atom stereocenters. The number of fused-ring (bicyclic) bond motifs is 6. The summed E-state index contributed by atoms with van der Waals surface area (Å²) in [7, 11) is 0. The second-order valence-corrected chi connectivity index (χ2v) is 12.4. The van der Waals surface area contributed by atoms with Crippen molar-refractivity contribution in [2.24, 2.45) is 0 Å². The molecule has 0 N–H and O–H groups in total. The van der Waals surface area contributed by atoms with E-state index in [4.69, 9.17) is 4.42 Å². The first kappa shape index (κ1) is 25.8. The van der Waals surface area contributed by atoms with E-state index in [1.807, 2.05) is 23.5 Å². The van der Waals surface area contributed by atoms with E-state index < -0.39 is 0 Å². The van der Waals surface area contributed by atoms with Crippen LogP contribution in [0.5, 0.6) is 0 Å². The molecule has 0 radical (unpaired) electrons. The van der Waals surface area contributed by atoms with Crippen molar-refractivity contribution >= 4 is 70.5 Å². The van der Waals surface area contributed by atoms with E-state index in [2.05, 4.69) is 157 Å². The van der Waals surface area contributed by atoms with E-state index in [-0.39, 0.29) is 0 Å². The molecule has 0 aliphatic carbocycles. The molecular formula is C42H27NOS. The highest BCUT2D eigenvalue weighted by Crippen LogP contribution is 2.46. The molecule has 0 aliphatic heterocycles. The van der Waals surface area contributed by atoms with Crippen molar-refractivity contribution < 1.29 is 4.42 Å². The summed E-state index contributed by atoms with van der Waals surface area (Å²) >= 11 is 1.85. The quantitative estimate of drug-likeness (QED) is 0.197. The lowest BCUT2D eigenvalue weighted by Gasteiger charge is -2.26. The Hall–Kier alpha value is -5.64. The second kappa shape index (κ2) is 10.5. The van der Waals surface area contributed by atoms with Crippen LogP contribution in [0.4, 0.5) is 17.1 Å².